The minimum atomic E-state index is -5.84. The van der Waals surface area contributed by atoms with Crippen LogP contribution >= 0.6 is 15.8 Å². The molecule has 8 aromatic carbocycles. The molecule has 0 bridgehead atoms. The first-order valence-electron chi connectivity index (χ1n) is 18.3. The average molecular weight is 1070 g/mol. The molecule has 0 aliphatic carbocycles. The van der Waals surface area contributed by atoms with E-state index in [2.05, 4.69) is 194 Å². The van der Waals surface area contributed by atoms with E-state index in [1.807, 2.05) is 0 Å². The molecule has 0 aromatic heterocycles. The number of rotatable bonds is 7. The Labute approximate surface area is 387 Å². The molecule has 0 atom stereocenters. The SMILES string of the molecule is O.O.O=S(=O)(O)C(F)(F)F.O=S(=O)(O)C(F)(F)F.[Pd].c1ccc(P(c2ccccc2)c2ccc3ccccc3c2-c2c(P(c3ccccc3)c3ccccc3)ccc3ccccc23)cc1. The average Bonchev–Trinajstić information content (AvgIpc) is 3.24. The van der Waals surface area contributed by atoms with E-state index in [9.17, 15) is 26.3 Å². The van der Waals surface area contributed by atoms with Gasteiger partial charge in [-0.15, -0.1) is 0 Å². The summed E-state index contributed by atoms with van der Waals surface area (Å²) in [5.74, 6) is 0. The third-order valence-electron chi connectivity index (χ3n) is 9.19. The first-order valence-corrected chi connectivity index (χ1v) is 23.8. The van der Waals surface area contributed by atoms with E-state index >= 15 is 0 Å². The van der Waals surface area contributed by atoms with E-state index in [0.717, 1.165) is 0 Å². The summed E-state index contributed by atoms with van der Waals surface area (Å²) in [4.78, 5) is 0. The molecule has 0 amide bonds. The summed E-state index contributed by atoms with van der Waals surface area (Å²) in [5, 5.41) is 13.3. The minimum Gasteiger partial charge on any atom is -0.412 e. The van der Waals surface area contributed by atoms with Crippen LogP contribution in [0.25, 0.3) is 32.7 Å². The predicted octanol–water partition coefficient (Wildman–Crippen LogP) is 8.31. The van der Waals surface area contributed by atoms with Gasteiger partial charge in [0.1, 0.15) is 0 Å². The molecule has 0 heterocycles. The Kier molecular flexibility index (Phi) is 19.3. The standard InChI is InChI=1S/C44H32P2.2CHF3O3S.2H2O.Pd/c1-5-19-35(20-6-1)45(36-21-7-2-8-22-36)41-31-29-33-17-13-15-27-39(33)43(41)44-40-28-16-14-18-34(40)30-32-42(44)46(37-23-9-3-10-24-37)38-25-11-4-12-26-38;2*2-1(3,4)8(5,6)7;;;/h1-32H;2*(H,5,6,7);2*1H2;. The molecule has 8 nitrogen and oxygen atoms in total. The Morgan fingerprint density at radius 2 is 0.569 bits per heavy atom. The van der Waals surface area contributed by atoms with Crippen molar-refractivity contribution < 1.29 is 83.7 Å². The second kappa shape index (κ2) is 23.0. The summed E-state index contributed by atoms with van der Waals surface area (Å²) in [6, 6.07) is 71.8. The molecular formula is C46H38F6O8P2PdS2. The van der Waals surface area contributed by atoms with E-state index in [0.29, 0.717) is 0 Å². The van der Waals surface area contributed by atoms with Crippen LogP contribution in [0.2, 0.25) is 0 Å². The maximum Gasteiger partial charge on any atom is 0.522 e. The van der Waals surface area contributed by atoms with Crippen molar-refractivity contribution in [2.24, 2.45) is 0 Å². The first kappa shape index (κ1) is 54.5. The molecule has 65 heavy (non-hydrogen) atoms. The summed E-state index contributed by atoms with van der Waals surface area (Å²) < 4.78 is 115. The topological polar surface area (TPSA) is 172 Å². The Morgan fingerprint density at radius 1 is 0.354 bits per heavy atom. The van der Waals surface area contributed by atoms with Gasteiger partial charge in [-0.25, -0.2) is 0 Å². The van der Waals surface area contributed by atoms with Crippen LogP contribution in [0.15, 0.2) is 194 Å². The predicted molar refractivity (Wildman–Crippen MR) is 247 cm³/mol. The van der Waals surface area contributed by atoms with Crippen LogP contribution in [0.5, 0.6) is 0 Å². The van der Waals surface area contributed by atoms with Crippen molar-refractivity contribution in [3.05, 3.63) is 194 Å². The largest absolute Gasteiger partial charge is 0.522 e. The molecule has 6 N–H and O–H groups in total. The van der Waals surface area contributed by atoms with Gasteiger partial charge >= 0.3 is 31.3 Å². The fourth-order valence-electron chi connectivity index (χ4n) is 6.58. The maximum atomic E-state index is 10.7. The normalized spacial score (nSPS) is 11.5. The smallest absolute Gasteiger partial charge is 0.412 e. The monoisotopic (exact) mass is 1060 g/mol. The summed E-state index contributed by atoms with van der Waals surface area (Å²) in [6.45, 7) is 0. The molecule has 0 unspecified atom stereocenters. The van der Waals surface area contributed by atoms with Crippen LogP contribution in [0.3, 0.4) is 0 Å². The molecule has 0 saturated heterocycles. The van der Waals surface area contributed by atoms with Crippen molar-refractivity contribution in [1.82, 2.24) is 0 Å². The number of alkyl halides is 6. The Morgan fingerprint density at radius 3 is 0.800 bits per heavy atom. The molecule has 0 fully saturated rings. The van der Waals surface area contributed by atoms with Crippen molar-refractivity contribution in [2.45, 2.75) is 11.0 Å². The van der Waals surface area contributed by atoms with Crippen LogP contribution in [0.1, 0.15) is 0 Å². The van der Waals surface area contributed by atoms with E-state index in [1.165, 1.54) is 64.5 Å². The van der Waals surface area contributed by atoms with Crippen molar-refractivity contribution in [3.8, 4) is 11.1 Å². The van der Waals surface area contributed by atoms with Crippen molar-refractivity contribution >= 4 is 89.5 Å². The Balaban J connectivity index is 0.000000508. The quantitative estimate of drug-likeness (QED) is 0.0535. The molecule has 344 valence electrons. The van der Waals surface area contributed by atoms with E-state index in [1.54, 1.807) is 0 Å². The zero-order valence-corrected chi connectivity index (χ0v) is 38.3. The number of halogens is 6. The minimum absolute atomic E-state index is 0. The number of fused-ring (bicyclic) bond motifs is 2. The first-order chi connectivity index (χ1) is 29.4. The van der Waals surface area contributed by atoms with Gasteiger partial charge in [0, 0.05) is 20.4 Å². The molecule has 0 aliphatic heterocycles. The number of hydrogen-bond acceptors (Lipinski definition) is 4. The molecular weight excluding hydrogens is 1030 g/mol. The third kappa shape index (κ3) is 13.1. The summed E-state index contributed by atoms with van der Waals surface area (Å²) in [7, 11) is -13.4. The van der Waals surface area contributed by atoms with Gasteiger partial charge in [0.05, 0.1) is 0 Å². The Hall–Kier alpha value is -4.88. The summed E-state index contributed by atoms with van der Waals surface area (Å²) in [5.41, 5.74) is -8.37. The van der Waals surface area contributed by atoms with Gasteiger partial charge < -0.3 is 11.0 Å². The van der Waals surface area contributed by atoms with Crippen molar-refractivity contribution in [1.29, 1.82) is 0 Å². The molecule has 0 aliphatic rings. The zero-order chi connectivity index (χ0) is 44.7. The van der Waals surface area contributed by atoms with Crippen LogP contribution in [-0.4, -0.2) is 47.9 Å². The molecule has 0 saturated carbocycles. The zero-order valence-electron chi connectivity index (χ0n) is 33.3. The molecule has 8 rings (SSSR count). The van der Waals surface area contributed by atoms with Crippen molar-refractivity contribution in [2.75, 3.05) is 0 Å². The van der Waals surface area contributed by atoms with Gasteiger partial charge in [0.2, 0.25) is 0 Å². The van der Waals surface area contributed by atoms with Crippen LogP contribution < -0.4 is 31.8 Å². The number of benzene rings is 8. The fourth-order valence-corrected chi connectivity index (χ4v) is 11.5. The fraction of sp³-hybridized carbons (Fsp3) is 0.0435. The second-order valence-electron chi connectivity index (χ2n) is 13.2. The molecule has 19 heteroatoms. The molecule has 0 radical (unpaired) electrons. The van der Waals surface area contributed by atoms with Crippen LogP contribution in [0.4, 0.5) is 26.3 Å². The number of hydrogen-bond donors (Lipinski definition) is 2. The van der Waals surface area contributed by atoms with Gasteiger partial charge in [-0.3, -0.25) is 9.11 Å². The van der Waals surface area contributed by atoms with E-state index in [4.69, 9.17) is 25.9 Å². The maximum absolute atomic E-state index is 10.7. The van der Waals surface area contributed by atoms with Gasteiger partial charge in [-0.05, 0) is 80.3 Å². The van der Waals surface area contributed by atoms with Crippen molar-refractivity contribution in [3.63, 3.8) is 0 Å². The van der Waals surface area contributed by atoms with E-state index in [-0.39, 0.29) is 31.4 Å². The van der Waals surface area contributed by atoms with E-state index < -0.39 is 47.1 Å². The van der Waals surface area contributed by atoms with Gasteiger partial charge in [-0.1, -0.05) is 194 Å². The van der Waals surface area contributed by atoms with Gasteiger partial charge in [0.15, 0.2) is 0 Å². The summed E-state index contributed by atoms with van der Waals surface area (Å²) >= 11 is 0. The Bertz CT molecular complexity index is 2730. The second-order valence-corrected chi connectivity index (χ2v) is 20.4. The van der Waals surface area contributed by atoms with Gasteiger partial charge in [0.25, 0.3) is 0 Å². The summed E-state index contributed by atoms with van der Waals surface area (Å²) in [6.07, 6.45) is 0. The molecule has 0 spiro atoms. The third-order valence-corrected chi connectivity index (χ3v) is 15.3. The molecule has 8 aromatic rings. The van der Waals surface area contributed by atoms with Crippen LogP contribution in [0, 0.1) is 0 Å². The van der Waals surface area contributed by atoms with Crippen LogP contribution in [-0.2, 0) is 40.7 Å². The van der Waals surface area contributed by atoms with Gasteiger partial charge in [-0.2, -0.15) is 43.2 Å².